The molecule has 45 heavy (non-hydrogen) atoms. The second-order valence-electron chi connectivity index (χ2n) is 12.3. The Kier molecular flexibility index (Phi) is 9.18. The molecule has 4 aliphatic heterocycles. The molecule has 3 atom stereocenters. The molecule has 1 aromatic carbocycles. The molecule has 0 bridgehead atoms. The minimum Gasteiger partial charge on any atom is -0.469 e. The second kappa shape index (κ2) is 13.3. The molecule has 2 aromatic rings. The molecule has 0 aliphatic carbocycles. The van der Waals surface area contributed by atoms with Crippen molar-refractivity contribution in [3.63, 3.8) is 0 Å². The quantitative estimate of drug-likeness (QED) is 0.383. The summed E-state index contributed by atoms with van der Waals surface area (Å²) in [5, 5.41) is 8.88. The van der Waals surface area contributed by atoms with Gasteiger partial charge in [0, 0.05) is 57.5 Å². The zero-order chi connectivity index (χ0) is 31.6. The van der Waals surface area contributed by atoms with Gasteiger partial charge in [-0.1, -0.05) is 25.1 Å². The predicted octanol–water partition coefficient (Wildman–Crippen LogP) is 5.09. The van der Waals surface area contributed by atoms with Crippen LogP contribution in [0.5, 0.6) is 0 Å². The van der Waals surface area contributed by atoms with Crippen molar-refractivity contribution in [2.75, 3.05) is 61.3 Å². The number of pyridine rings is 1. The number of nitrogens with zero attached hydrogens (tertiary/aromatic N) is 4. The van der Waals surface area contributed by atoms with Crippen molar-refractivity contribution in [3.05, 3.63) is 59.5 Å². The smallest absolute Gasteiger partial charge is 0.416 e. The number of ether oxygens (including phenoxy) is 1. The topological polar surface area (TPSA) is 112 Å². The highest BCUT2D eigenvalue weighted by atomic mass is 19.4. The van der Waals surface area contributed by atoms with Crippen molar-refractivity contribution in [2.45, 2.75) is 57.5 Å². The van der Waals surface area contributed by atoms with Crippen molar-refractivity contribution in [1.82, 2.24) is 20.1 Å². The second-order valence-corrected chi connectivity index (χ2v) is 12.3. The summed E-state index contributed by atoms with van der Waals surface area (Å²) in [6.45, 7) is 6.61. The lowest BCUT2D eigenvalue weighted by Crippen LogP contribution is -2.50. The van der Waals surface area contributed by atoms with Crippen LogP contribution in [-0.2, 0) is 9.53 Å². The molecule has 1 aromatic heterocycles. The number of hydrogen-bond acceptors (Lipinski definition) is 7. The number of benzene rings is 1. The van der Waals surface area contributed by atoms with Crippen LogP contribution in [0.2, 0.25) is 0 Å². The number of aromatic nitrogens is 1. The summed E-state index contributed by atoms with van der Waals surface area (Å²) >= 11 is 0. The molecule has 13 heteroatoms. The van der Waals surface area contributed by atoms with Crippen LogP contribution in [-0.4, -0.2) is 84.9 Å². The van der Waals surface area contributed by atoms with Crippen LogP contribution >= 0.6 is 0 Å². The lowest BCUT2D eigenvalue weighted by atomic mass is 9.99. The third-order valence-corrected chi connectivity index (χ3v) is 8.93. The highest BCUT2D eigenvalue weighted by molar-refractivity contribution is 6.03. The molecule has 4 aliphatic rings. The standard InChI is InChI=1S/C32H40F3N7O3/c1-21-6-5-13-42(20-21)28-10-4-8-24(32(33,34)35)29(45-28)30(43)38-22-11-12-27(37-18-22)40-14-16-41(17-15-40)31(44)39-25-9-3-2-7-23(25)26-19-36-26/h2-3,7,9,11-12,18,21,26,28,36H,4-6,8,10,13-17,19-20H2,1H3,(H,38,43)(H,39,44). The minimum atomic E-state index is -4.67. The highest BCUT2D eigenvalue weighted by Gasteiger charge is 2.42. The fourth-order valence-corrected chi connectivity index (χ4v) is 6.40. The van der Waals surface area contributed by atoms with E-state index >= 15 is 0 Å². The van der Waals surface area contributed by atoms with E-state index in [1.165, 1.54) is 6.20 Å². The Hall–Kier alpha value is -3.84. The first-order valence-electron chi connectivity index (χ1n) is 15.8. The normalized spacial score (nSPS) is 24.5. The van der Waals surface area contributed by atoms with Gasteiger partial charge in [-0.05, 0) is 61.8 Å². The lowest BCUT2D eigenvalue weighted by Gasteiger charge is -2.37. The zero-order valence-corrected chi connectivity index (χ0v) is 25.4. The maximum absolute atomic E-state index is 14.0. The van der Waals surface area contributed by atoms with Gasteiger partial charge in [-0.3, -0.25) is 9.69 Å². The van der Waals surface area contributed by atoms with Gasteiger partial charge in [0.2, 0.25) is 0 Å². The fraction of sp³-hybridized carbons (Fsp3) is 0.531. The summed E-state index contributed by atoms with van der Waals surface area (Å²) in [4.78, 5) is 36.5. The van der Waals surface area contributed by atoms with Gasteiger partial charge in [-0.15, -0.1) is 0 Å². The Bertz CT molecular complexity index is 1410. The summed E-state index contributed by atoms with van der Waals surface area (Å²) in [6.07, 6.45) is -1.33. The maximum Gasteiger partial charge on any atom is 0.416 e. The van der Waals surface area contributed by atoms with Gasteiger partial charge >= 0.3 is 12.2 Å². The van der Waals surface area contributed by atoms with Crippen LogP contribution in [0.25, 0.3) is 0 Å². The van der Waals surface area contributed by atoms with E-state index in [1.54, 1.807) is 17.0 Å². The molecule has 10 nitrogen and oxygen atoms in total. The Balaban J connectivity index is 1.06. The number of allylic oxidation sites excluding steroid dienone is 1. The van der Waals surface area contributed by atoms with E-state index in [1.807, 2.05) is 29.2 Å². The Morgan fingerprint density at radius 2 is 1.78 bits per heavy atom. The van der Waals surface area contributed by atoms with E-state index in [0.717, 1.165) is 43.7 Å². The monoisotopic (exact) mass is 627 g/mol. The average Bonchev–Trinajstić information content (AvgIpc) is 3.89. The summed E-state index contributed by atoms with van der Waals surface area (Å²) in [5.41, 5.74) is 1.24. The van der Waals surface area contributed by atoms with Crippen LogP contribution in [0, 0.1) is 5.92 Å². The molecular formula is C32H40F3N7O3. The number of hydrogen-bond donors (Lipinski definition) is 3. The summed E-state index contributed by atoms with van der Waals surface area (Å²) in [7, 11) is 0. The summed E-state index contributed by atoms with van der Waals surface area (Å²) < 4.78 is 47.9. The number of alkyl halides is 3. The van der Waals surface area contributed by atoms with Crippen molar-refractivity contribution in [3.8, 4) is 0 Å². The van der Waals surface area contributed by atoms with E-state index in [4.69, 9.17) is 4.74 Å². The summed E-state index contributed by atoms with van der Waals surface area (Å²) in [6, 6.07) is 11.2. The zero-order valence-electron chi connectivity index (χ0n) is 25.4. The number of para-hydroxylation sites is 1. The SMILES string of the molecule is CC1CCCN(C2CCCC(C(F)(F)F)=C(C(=O)Nc3ccc(N4CCN(C(=O)Nc5ccccc5C5CN5)CC4)nc3)O2)C1. The molecule has 0 saturated carbocycles. The molecule has 3 unspecified atom stereocenters. The van der Waals surface area contributed by atoms with Crippen LogP contribution in [0.15, 0.2) is 53.9 Å². The lowest BCUT2D eigenvalue weighted by molar-refractivity contribution is -0.125. The number of piperazine rings is 1. The van der Waals surface area contributed by atoms with Crippen LogP contribution in [0.1, 0.15) is 50.6 Å². The molecule has 3 saturated heterocycles. The van der Waals surface area contributed by atoms with E-state index in [9.17, 15) is 22.8 Å². The average molecular weight is 628 g/mol. The van der Waals surface area contributed by atoms with Crippen LogP contribution < -0.4 is 20.9 Å². The summed E-state index contributed by atoms with van der Waals surface area (Å²) in [5.74, 6) is -0.505. The van der Waals surface area contributed by atoms with Gasteiger partial charge in [0.25, 0.3) is 5.91 Å². The van der Waals surface area contributed by atoms with Crippen LogP contribution in [0.3, 0.4) is 0 Å². The van der Waals surface area contributed by atoms with Crippen molar-refractivity contribution in [1.29, 1.82) is 0 Å². The van der Waals surface area contributed by atoms with Crippen molar-refractivity contribution >= 4 is 29.1 Å². The number of piperidine rings is 1. The number of rotatable bonds is 6. The molecule has 3 amide bonds. The van der Waals surface area contributed by atoms with Crippen molar-refractivity contribution in [2.24, 2.45) is 5.92 Å². The third-order valence-electron chi connectivity index (χ3n) is 8.93. The number of carbonyl (C=O) groups excluding carboxylic acids is 2. The Labute approximate surface area is 261 Å². The molecule has 6 rings (SSSR count). The van der Waals surface area contributed by atoms with Gasteiger partial charge in [0.05, 0.1) is 17.5 Å². The molecular weight excluding hydrogens is 587 g/mol. The van der Waals surface area contributed by atoms with E-state index in [2.05, 4.69) is 32.8 Å². The molecule has 242 valence electrons. The minimum absolute atomic E-state index is 0.154. The predicted molar refractivity (Wildman–Crippen MR) is 165 cm³/mol. The first kappa shape index (κ1) is 31.2. The number of anilines is 3. The number of carbonyl (C=O) groups is 2. The Morgan fingerprint density at radius 1 is 1.00 bits per heavy atom. The number of likely N-dealkylation sites (tertiary alicyclic amines) is 1. The van der Waals surface area contributed by atoms with Gasteiger partial charge < -0.3 is 30.5 Å². The van der Waals surface area contributed by atoms with E-state index in [0.29, 0.717) is 44.3 Å². The number of nitrogens with one attached hydrogen (secondary N) is 3. The first-order chi connectivity index (χ1) is 21.7. The largest absolute Gasteiger partial charge is 0.469 e. The molecule has 0 spiro atoms. The molecule has 3 fully saturated rings. The molecule has 0 radical (unpaired) electrons. The van der Waals surface area contributed by atoms with Gasteiger partial charge in [0.1, 0.15) is 5.82 Å². The number of amides is 3. The highest BCUT2D eigenvalue weighted by Crippen LogP contribution is 2.37. The number of halogens is 3. The first-order valence-corrected chi connectivity index (χ1v) is 15.8. The van der Waals surface area contributed by atoms with Crippen molar-refractivity contribution < 1.29 is 27.5 Å². The molecule has 3 N–H and O–H groups in total. The van der Waals surface area contributed by atoms with Crippen LogP contribution in [0.4, 0.5) is 35.2 Å². The van der Waals surface area contributed by atoms with E-state index < -0.39 is 29.6 Å². The van der Waals surface area contributed by atoms with Gasteiger partial charge in [-0.2, -0.15) is 13.2 Å². The fourth-order valence-electron chi connectivity index (χ4n) is 6.40. The van der Waals surface area contributed by atoms with E-state index in [-0.39, 0.29) is 30.6 Å². The molecule has 5 heterocycles. The van der Waals surface area contributed by atoms with Gasteiger partial charge in [0.15, 0.2) is 12.0 Å². The van der Waals surface area contributed by atoms with Gasteiger partial charge in [-0.25, -0.2) is 9.78 Å². The number of urea groups is 1. The third kappa shape index (κ3) is 7.52. The maximum atomic E-state index is 14.0. The Morgan fingerprint density at radius 3 is 2.47 bits per heavy atom.